The summed E-state index contributed by atoms with van der Waals surface area (Å²) in [6, 6.07) is 13.4. The van der Waals surface area contributed by atoms with Crippen LogP contribution in [0.25, 0.3) is 10.1 Å². The molecule has 4 heteroatoms. The molecule has 0 aliphatic heterocycles. The summed E-state index contributed by atoms with van der Waals surface area (Å²) in [7, 11) is 1.93. The van der Waals surface area contributed by atoms with E-state index in [2.05, 4.69) is 17.4 Å². The summed E-state index contributed by atoms with van der Waals surface area (Å²) in [6.45, 7) is 2.85. The Kier molecular flexibility index (Phi) is 4.94. The highest BCUT2D eigenvalue weighted by atomic mass is 32.1. The average Bonchev–Trinajstić information content (AvgIpc) is 2.97. The molecule has 0 aliphatic rings. The number of aryl methyl sites for hydroxylation is 1. The van der Waals surface area contributed by atoms with Crippen molar-refractivity contribution in [2.24, 2.45) is 0 Å². The predicted octanol–water partition coefficient (Wildman–Crippen LogP) is 5.08. The topological polar surface area (TPSA) is 21.3 Å². The Labute approximate surface area is 139 Å². The lowest BCUT2D eigenvalue weighted by Crippen LogP contribution is -2.16. The van der Waals surface area contributed by atoms with E-state index in [1.54, 1.807) is 6.07 Å². The van der Waals surface area contributed by atoms with Gasteiger partial charge in [0.1, 0.15) is 17.7 Å². The molecule has 1 atom stereocenters. The third kappa shape index (κ3) is 3.38. The highest BCUT2D eigenvalue weighted by Gasteiger charge is 2.17. The van der Waals surface area contributed by atoms with Crippen LogP contribution in [0.3, 0.4) is 0 Å². The molecule has 3 aromatic rings. The molecule has 0 saturated carbocycles. The first kappa shape index (κ1) is 16.0. The van der Waals surface area contributed by atoms with Crippen molar-refractivity contribution < 1.29 is 9.13 Å². The van der Waals surface area contributed by atoms with E-state index in [-0.39, 0.29) is 11.9 Å². The van der Waals surface area contributed by atoms with Crippen LogP contribution in [0.2, 0.25) is 0 Å². The second kappa shape index (κ2) is 7.11. The molecule has 23 heavy (non-hydrogen) atoms. The lowest BCUT2D eigenvalue weighted by molar-refractivity contribution is 0.197. The van der Waals surface area contributed by atoms with E-state index in [9.17, 15) is 4.39 Å². The van der Waals surface area contributed by atoms with Crippen molar-refractivity contribution in [3.05, 3.63) is 64.8 Å². The highest BCUT2D eigenvalue weighted by molar-refractivity contribution is 7.17. The van der Waals surface area contributed by atoms with Gasteiger partial charge in [0.05, 0.1) is 4.70 Å². The van der Waals surface area contributed by atoms with E-state index < -0.39 is 0 Å². The van der Waals surface area contributed by atoms with Crippen LogP contribution in [0.1, 0.15) is 23.7 Å². The molecule has 1 aromatic heterocycles. The Morgan fingerprint density at radius 1 is 1.17 bits per heavy atom. The van der Waals surface area contributed by atoms with Crippen molar-refractivity contribution in [2.75, 3.05) is 13.6 Å². The molecule has 0 radical (unpaired) electrons. The Hall–Kier alpha value is -1.91. The monoisotopic (exact) mass is 329 g/mol. The molecule has 120 valence electrons. The van der Waals surface area contributed by atoms with E-state index in [0.717, 1.165) is 35.2 Å². The standard InChI is InChI=1S/C19H20FNOS/c1-13-12-23-19-15(20)8-9-17(18(13)19)22-16(10-11-21-2)14-6-4-3-5-7-14/h3-9,12,16,21H,10-11H2,1-2H3/t16-/m0/s1. The largest absolute Gasteiger partial charge is 0.485 e. The van der Waals surface area contributed by atoms with Crippen molar-refractivity contribution in [3.8, 4) is 5.75 Å². The summed E-state index contributed by atoms with van der Waals surface area (Å²) < 4.78 is 21.0. The smallest absolute Gasteiger partial charge is 0.141 e. The average molecular weight is 329 g/mol. The Morgan fingerprint density at radius 3 is 2.70 bits per heavy atom. The fraction of sp³-hybridized carbons (Fsp3) is 0.263. The Bertz CT molecular complexity index is 785. The van der Waals surface area contributed by atoms with E-state index in [4.69, 9.17) is 4.74 Å². The van der Waals surface area contributed by atoms with Crippen molar-refractivity contribution in [1.29, 1.82) is 0 Å². The zero-order valence-electron chi connectivity index (χ0n) is 13.3. The summed E-state index contributed by atoms with van der Waals surface area (Å²) in [5.74, 6) is 0.571. The second-order valence-electron chi connectivity index (χ2n) is 5.58. The lowest BCUT2D eigenvalue weighted by Gasteiger charge is -2.20. The van der Waals surface area contributed by atoms with E-state index >= 15 is 0 Å². The number of nitrogens with one attached hydrogen (secondary N) is 1. The minimum Gasteiger partial charge on any atom is -0.485 e. The van der Waals surface area contributed by atoms with Gasteiger partial charge in [-0.05, 0) is 49.2 Å². The third-order valence-corrected chi connectivity index (χ3v) is 5.02. The number of rotatable bonds is 6. The maximum atomic E-state index is 14.0. The summed E-state index contributed by atoms with van der Waals surface area (Å²) in [5, 5.41) is 6.04. The second-order valence-corrected chi connectivity index (χ2v) is 6.46. The maximum absolute atomic E-state index is 14.0. The fourth-order valence-corrected chi connectivity index (χ4v) is 3.69. The van der Waals surface area contributed by atoms with E-state index in [1.807, 2.05) is 37.6 Å². The molecule has 0 aliphatic carbocycles. The first-order chi connectivity index (χ1) is 11.2. The molecule has 2 aromatic carbocycles. The Morgan fingerprint density at radius 2 is 1.96 bits per heavy atom. The van der Waals surface area contributed by atoms with Gasteiger partial charge in [0, 0.05) is 11.8 Å². The van der Waals surface area contributed by atoms with E-state index in [1.165, 1.54) is 17.4 Å². The lowest BCUT2D eigenvalue weighted by atomic mass is 10.1. The SMILES string of the molecule is CNCC[C@H](Oc1ccc(F)c2scc(C)c12)c1ccccc1. The summed E-state index contributed by atoms with van der Waals surface area (Å²) >= 11 is 1.43. The van der Waals surface area contributed by atoms with Crippen LogP contribution in [0.4, 0.5) is 4.39 Å². The minimum absolute atomic E-state index is 0.0587. The van der Waals surface area contributed by atoms with Gasteiger partial charge in [-0.3, -0.25) is 0 Å². The van der Waals surface area contributed by atoms with Gasteiger partial charge in [0.2, 0.25) is 0 Å². The van der Waals surface area contributed by atoms with Crippen LogP contribution in [0.15, 0.2) is 47.8 Å². The number of halogens is 1. The number of thiophene rings is 1. The molecular formula is C19H20FNOS. The zero-order valence-corrected chi connectivity index (χ0v) is 14.1. The summed E-state index contributed by atoms with van der Waals surface area (Å²) in [4.78, 5) is 0. The van der Waals surface area contributed by atoms with Crippen LogP contribution >= 0.6 is 11.3 Å². The molecule has 3 rings (SSSR count). The van der Waals surface area contributed by atoms with Crippen molar-refractivity contribution in [3.63, 3.8) is 0 Å². The van der Waals surface area contributed by atoms with E-state index in [0.29, 0.717) is 4.70 Å². The van der Waals surface area contributed by atoms with Crippen LogP contribution in [-0.4, -0.2) is 13.6 Å². The maximum Gasteiger partial charge on any atom is 0.141 e. The van der Waals surface area contributed by atoms with Gasteiger partial charge in [-0.1, -0.05) is 30.3 Å². The molecule has 0 bridgehead atoms. The molecule has 1 N–H and O–H groups in total. The van der Waals surface area contributed by atoms with Crippen molar-refractivity contribution in [2.45, 2.75) is 19.4 Å². The molecule has 0 saturated heterocycles. The molecule has 0 spiro atoms. The molecule has 0 unspecified atom stereocenters. The minimum atomic E-state index is -0.183. The van der Waals surface area contributed by atoms with Crippen LogP contribution in [0, 0.1) is 12.7 Å². The van der Waals surface area contributed by atoms with Crippen LogP contribution in [-0.2, 0) is 0 Å². The van der Waals surface area contributed by atoms with Crippen molar-refractivity contribution >= 4 is 21.4 Å². The van der Waals surface area contributed by atoms with Gasteiger partial charge in [-0.25, -0.2) is 4.39 Å². The van der Waals surface area contributed by atoms with Gasteiger partial charge in [0.15, 0.2) is 0 Å². The molecule has 0 amide bonds. The fourth-order valence-electron chi connectivity index (χ4n) is 2.72. The molecule has 1 heterocycles. The van der Waals surface area contributed by atoms with Gasteiger partial charge in [-0.2, -0.15) is 0 Å². The number of hydrogen-bond donors (Lipinski definition) is 1. The number of benzene rings is 2. The third-order valence-electron chi connectivity index (χ3n) is 3.92. The quantitative estimate of drug-likeness (QED) is 0.681. The van der Waals surface area contributed by atoms with Gasteiger partial charge >= 0.3 is 0 Å². The molecular weight excluding hydrogens is 309 g/mol. The molecule has 0 fully saturated rings. The summed E-state index contributed by atoms with van der Waals surface area (Å²) in [6.07, 6.45) is 0.791. The number of fused-ring (bicyclic) bond motifs is 1. The van der Waals surface area contributed by atoms with Gasteiger partial charge in [0.25, 0.3) is 0 Å². The van der Waals surface area contributed by atoms with Crippen molar-refractivity contribution in [1.82, 2.24) is 5.32 Å². The first-order valence-corrected chi connectivity index (χ1v) is 8.61. The number of hydrogen-bond acceptors (Lipinski definition) is 3. The van der Waals surface area contributed by atoms with Gasteiger partial charge in [-0.15, -0.1) is 11.3 Å². The van der Waals surface area contributed by atoms with Crippen LogP contribution < -0.4 is 10.1 Å². The summed E-state index contributed by atoms with van der Waals surface area (Å²) in [5.41, 5.74) is 2.19. The first-order valence-electron chi connectivity index (χ1n) is 7.73. The van der Waals surface area contributed by atoms with Gasteiger partial charge < -0.3 is 10.1 Å². The normalized spacial score (nSPS) is 12.5. The zero-order chi connectivity index (χ0) is 16.2. The van der Waals surface area contributed by atoms with Crippen LogP contribution in [0.5, 0.6) is 5.75 Å². The predicted molar refractivity (Wildman–Crippen MR) is 94.9 cm³/mol. The Balaban J connectivity index is 1.97. The molecule has 2 nitrogen and oxygen atoms in total. The number of ether oxygens (including phenoxy) is 1. The highest BCUT2D eigenvalue weighted by Crippen LogP contribution is 2.37.